The Balaban J connectivity index is 1.98. The Hall–Kier alpha value is -2.37. The van der Waals surface area contributed by atoms with Gasteiger partial charge in [-0.2, -0.15) is 4.98 Å². The third-order valence-electron chi connectivity index (χ3n) is 3.87. The second kappa shape index (κ2) is 8.34. The number of hydrogen-bond acceptors (Lipinski definition) is 5. The quantitative estimate of drug-likeness (QED) is 0.559. The van der Waals surface area contributed by atoms with Gasteiger partial charge in [0, 0.05) is 35.1 Å². The van der Waals surface area contributed by atoms with Gasteiger partial charge >= 0.3 is 0 Å². The van der Waals surface area contributed by atoms with E-state index >= 15 is 0 Å². The molecule has 5 nitrogen and oxygen atoms in total. The SMILES string of the molecule is CC[C@@H](C)Nc1nc(Nc2ccc(Cl)cc2Cl)cc(-c2cccnc2)n1. The van der Waals surface area contributed by atoms with Gasteiger partial charge in [-0.3, -0.25) is 4.98 Å². The molecule has 0 unspecified atom stereocenters. The lowest BCUT2D eigenvalue weighted by molar-refractivity contribution is 0.753. The van der Waals surface area contributed by atoms with Gasteiger partial charge in [0.05, 0.1) is 16.4 Å². The molecule has 0 aliphatic heterocycles. The third-order valence-corrected chi connectivity index (χ3v) is 4.41. The van der Waals surface area contributed by atoms with Gasteiger partial charge in [0.25, 0.3) is 0 Å². The minimum atomic E-state index is 0.256. The largest absolute Gasteiger partial charge is 0.352 e. The van der Waals surface area contributed by atoms with Gasteiger partial charge in [0.2, 0.25) is 5.95 Å². The highest BCUT2D eigenvalue weighted by atomic mass is 35.5. The highest BCUT2D eigenvalue weighted by Crippen LogP contribution is 2.29. The summed E-state index contributed by atoms with van der Waals surface area (Å²) in [6.07, 6.45) is 4.47. The first-order chi connectivity index (χ1) is 12.5. The summed E-state index contributed by atoms with van der Waals surface area (Å²) >= 11 is 12.2. The van der Waals surface area contributed by atoms with Gasteiger partial charge in [-0.05, 0) is 43.7 Å². The van der Waals surface area contributed by atoms with Crippen LogP contribution in [0.1, 0.15) is 20.3 Å². The van der Waals surface area contributed by atoms with Crippen LogP contribution in [0.5, 0.6) is 0 Å². The third kappa shape index (κ3) is 4.62. The number of anilines is 3. The van der Waals surface area contributed by atoms with Gasteiger partial charge in [-0.15, -0.1) is 0 Å². The van der Waals surface area contributed by atoms with E-state index in [-0.39, 0.29) is 6.04 Å². The topological polar surface area (TPSA) is 62.7 Å². The summed E-state index contributed by atoms with van der Waals surface area (Å²) in [5.74, 6) is 1.18. The molecule has 0 spiro atoms. The number of benzene rings is 1. The lowest BCUT2D eigenvalue weighted by Crippen LogP contribution is -2.16. The summed E-state index contributed by atoms with van der Waals surface area (Å²) in [6, 6.07) is 11.2. The smallest absolute Gasteiger partial charge is 0.225 e. The molecule has 3 aromatic rings. The molecule has 0 saturated heterocycles. The van der Waals surface area contributed by atoms with Gasteiger partial charge in [0.15, 0.2) is 0 Å². The summed E-state index contributed by atoms with van der Waals surface area (Å²) in [5.41, 5.74) is 2.40. The van der Waals surface area contributed by atoms with E-state index in [4.69, 9.17) is 23.2 Å². The molecule has 2 aromatic heterocycles. The van der Waals surface area contributed by atoms with E-state index in [2.05, 4.69) is 39.4 Å². The molecule has 134 valence electrons. The number of pyridine rings is 1. The zero-order valence-electron chi connectivity index (χ0n) is 14.5. The molecular weight excluding hydrogens is 369 g/mol. The van der Waals surface area contributed by atoms with Crippen LogP contribution in [0.3, 0.4) is 0 Å². The molecule has 0 aliphatic rings. The van der Waals surface area contributed by atoms with Crippen LogP contribution in [0.15, 0.2) is 48.8 Å². The molecule has 2 heterocycles. The maximum Gasteiger partial charge on any atom is 0.225 e. The van der Waals surface area contributed by atoms with E-state index in [9.17, 15) is 0 Å². The molecule has 1 aromatic carbocycles. The van der Waals surface area contributed by atoms with Crippen molar-refractivity contribution in [1.29, 1.82) is 0 Å². The van der Waals surface area contributed by atoms with E-state index in [1.54, 1.807) is 24.5 Å². The molecule has 26 heavy (non-hydrogen) atoms. The predicted molar refractivity (Wildman–Crippen MR) is 108 cm³/mol. The number of rotatable bonds is 6. The average Bonchev–Trinajstić information content (AvgIpc) is 2.64. The first-order valence-corrected chi connectivity index (χ1v) is 9.09. The fourth-order valence-corrected chi connectivity index (χ4v) is 2.74. The van der Waals surface area contributed by atoms with Gasteiger partial charge in [-0.1, -0.05) is 30.1 Å². The monoisotopic (exact) mass is 387 g/mol. The lowest BCUT2D eigenvalue weighted by Gasteiger charge is -2.15. The molecule has 3 rings (SSSR count). The van der Waals surface area contributed by atoms with Crippen molar-refractivity contribution in [3.05, 3.63) is 58.8 Å². The zero-order chi connectivity index (χ0) is 18.5. The van der Waals surface area contributed by atoms with Crippen LogP contribution < -0.4 is 10.6 Å². The van der Waals surface area contributed by atoms with Crippen LogP contribution >= 0.6 is 23.2 Å². The number of nitrogens with one attached hydrogen (secondary N) is 2. The summed E-state index contributed by atoms with van der Waals surface area (Å²) in [6.45, 7) is 4.19. The van der Waals surface area contributed by atoms with Crippen molar-refractivity contribution in [3.63, 3.8) is 0 Å². The van der Waals surface area contributed by atoms with Crippen LogP contribution in [0, 0.1) is 0 Å². The highest BCUT2D eigenvalue weighted by molar-refractivity contribution is 6.36. The number of halogens is 2. The second-order valence-corrected chi connectivity index (χ2v) is 6.75. The van der Waals surface area contributed by atoms with Gasteiger partial charge in [-0.25, -0.2) is 4.98 Å². The van der Waals surface area contributed by atoms with E-state index in [1.165, 1.54) is 0 Å². The molecule has 0 saturated carbocycles. The normalized spacial score (nSPS) is 11.8. The van der Waals surface area contributed by atoms with E-state index < -0.39 is 0 Å². The maximum atomic E-state index is 6.27. The number of nitrogens with zero attached hydrogens (tertiary/aromatic N) is 3. The number of hydrogen-bond donors (Lipinski definition) is 2. The Labute approximate surface area is 162 Å². The molecule has 1 atom stereocenters. The Kier molecular flexibility index (Phi) is 5.91. The van der Waals surface area contributed by atoms with Crippen molar-refractivity contribution < 1.29 is 0 Å². The first-order valence-electron chi connectivity index (χ1n) is 8.33. The van der Waals surface area contributed by atoms with Crippen molar-refractivity contribution in [2.75, 3.05) is 10.6 Å². The Morgan fingerprint density at radius 1 is 1.12 bits per heavy atom. The second-order valence-electron chi connectivity index (χ2n) is 5.91. The minimum absolute atomic E-state index is 0.256. The molecule has 0 bridgehead atoms. The van der Waals surface area contributed by atoms with Crippen molar-refractivity contribution in [2.24, 2.45) is 0 Å². The Morgan fingerprint density at radius 2 is 1.96 bits per heavy atom. The van der Waals surface area contributed by atoms with Gasteiger partial charge in [0.1, 0.15) is 5.82 Å². The van der Waals surface area contributed by atoms with E-state index in [0.29, 0.717) is 21.8 Å². The molecule has 0 amide bonds. The van der Waals surface area contributed by atoms with Crippen LogP contribution in [0.25, 0.3) is 11.3 Å². The zero-order valence-corrected chi connectivity index (χ0v) is 16.0. The fourth-order valence-electron chi connectivity index (χ4n) is 2.29. The predicted octanol–water partition coefficient (Wildman–Crippen LogP) is 5.80. The molecular formula is C19H19Cl2N5. The van der Waals surface area contributed by atoms with E-state index in [0.717, 1.165) is 23.4 Å². The van der Waals surface area contributed by atoms with Crippen molar-refractivity contribution >= 4 is 40.7 Å². The van der Waals surface area contributed by atoms with Crippen LogP contribution in [-0.4, -0.2) is 21.0 Å². The van der Waals surface area contributed by atoms with Crippen LogP contribution in [0.4, 0.5) is 17.5 Å². The average molecular weight is 388 g/mol. The summed E-state index contributed by atoms with van der Waals surface area (Å²) in [7, 11) is 0. The van der Waals surface area contributed by atoms with Crippen LogP contribution in [-0.2, 0) is 0 Å². The summed E-state index contributed by atoms with van der Waals surface area (Å²) < 4.78 is 0. The Morgan fingerprint density at radius 3 is 2.65 bits per heavy atom. The fraction of sp³-hybridized carbons (Fsp3) is 0.211. The highest BCUT2D eigenvalue weighted by Gasteiger charge is 2.10. The van der Waals surface area contributed by atoms with E-state index in [1.807, 2.05) is 24.3 Å². The maximum absolute atomic E-state index is 6.27. The molecule has 0 radical (unpaired) electrons. The molecule has 2 N–H and O–H groups in total. The molecule has 7 heteroatoms. The molecule has 0 aliphatic carbocycles. The van der Waals surface area contributed by atoms with Gasteiger partial charge < -0.3 is 10.6 Å². The van der Waals surface area contributed by atoms with Crippen LogP contribution in [0.2, 0.25) is 10.0 Å². The minimum Gasteiger partial charge on any atom is -0.352 e. The van der Waals surface area contributed by atoms with Crippen molar-refractivity contribution in [2.45, 2.75) is 26.3 Å². The molecule has 0 fully saturated rings. The first kappa shape index (κ1) is 18.4. The standard InChI is InChI=1S/C19H19Cl2N5/c1-3-12(2)23-19-25-17(13-5-4-8-22-11-13)10-18(26-19)24-16-7-6-14(20)9-15(16)21/h4-12H,3H2,1-2H3,(H2,23,24,25,26)/t12-/m1/s1. The Bertz CT molecular complexity index is 886. The van der Waals surface area contributed by atoms with Crippen molar-refractivity contribution in [1.82, 2.24) is 15.0 Å². The van der Waals surface area contributed by atoms with Crippen molar-refractivity contribution in [3.8, 4) is 11.3 Å². The number of aromatic nitrogens is 3. The lowest BCUT2D eigenvalue weighted by atomic mass is 10.2. The summed E-state index contributed by atoms with van der Waals surface area (Å²) in [5, 5.41) is 7.66. The summed E-state index contributed by atoms with van der Waals surface area (Å²) in [4.78, 5) is 13.3.